The number of piperidine rings is 1. The molecule has 2 fully saturated rings. The van der Waals surface area contributed by atoms with Crippen molar-refractivity contribution in [1.82, 2.24) is 19.8 Å². The SMILES string of the molecule is CS(=O)(=O)NC1CCN(C(=O)NCCCN2CCCC2)CC1. The molecule has 7 nitrogen and oxygen atoms in total. The summed E-state index contributed by atoms with van der Waals surface area (Å²) < 4.78 is 25.0. The first kappa shape index (κ1) is 17.5. The highest BCUT2D eigenvalue weighted by molar-refractivity contribution is 7.88. The van der Waals surface area contributed by atoms with Crippen molar-refractivity contribution in [1.29, 1.82) is 0 Å². The van der Waals surface area contributed by atoms with Gasteiger partial charge in [-0.1, -0.05) is 0 Å². The molecule has 0 saturated carbocycles. The maximum atomic E-state index is 12.0. The van der Waals surface area contributed by atoms with Gasteiger partial charge in [0.2, 0.25) is 10.0 Å². The Labute approximate surface area is 133 Å². The molecule has 2 N–H and O–H groups in total. The Hall–Kier alpha value is -0.860. The van der Waals surface area contributed by atoms with Crippen LogP contribution in [0.15, 0.2) is 0 Å². The van der Waals surface area contributed by atoms with Gasteiger partial charge in [0.1, 0.15) is 0 Å². The molecule has 2 amide bonds. The highest BCUT2D eigenvalue weighted by atomic mass is 32.2. The fraction of sp³-hybridized carbons (Fsp3) is 0.929. The Morgan fingerprint density at radius 3 is 2.36 bits per heavy atom. The summed E-state index contributed by atoms with van der Waals surface area (Å²) in [5.41, 5.74) is 0. The molecule has 0 bridgehead atoms. The minimum Gasteiger partial charge on any atom is -0.338 e. The van der Waals surface area contributed by atoms with Crippen LogP contribution in [0.25, 0.3) is 0 Å². The second-order valence-electron chi connectivity index (χ2n) is 6.29. The first-order valence-corrected chi connectivity index (χ1v) is 10.1. The third kappa shape index (κ3) is 6.10. The van der Waals surface area contributed by atoms with E-state index in [4.69, 9.17) is 0 Å². The predicted octanol–water partition coefficient (Wildman–Crippen LogP) is 0.196. The molecule has 0 aliphatic carbocycles. The predicted molar refractivity (Wildman–Crippen MR) is 86.3 cm³/mol. The average Bonchev–Trinajstić information content (AvgIpc) is 2.95. The molecule has 2 aliphatic heterocycles. The molecular formula is C14H28N4O3S. The van der Waals surface area contributed by atoms with Crippen molar-refractivity contribution < 1.29 is 13.2 Å². The van der Waals surface area contributed by atoms with Gasteiger partial charge in [0.15, 0.2) is 0 Å². The first-order chi connectivity index (χ1) is 10.4. The van der Waals surface area contributed by atoms with Gasteiger partial charge < -0.3 is 15.1 Å². The van der Waals surface area contributed by atoms with Gasteiger partial charge in [0.25, 0.3) is 0 Å². The Morgan fingerprint density at radius 2 is 1.77 bits per heavy atom. The van der Waals surface area contributed by atoms with Crippen molar-refractivity contribution >= 4 is 16.1 Å². The molecule has 2 saturated heterocycles. The van der Waals surface area contributed by atoms with Crippen LogP contribution < -0.4 is 10.0 Å². The van der Waals surface area contributed by atoms with Gasteiger partial charge in [-0.2, -0.15) is 0 Å². The standard InChI is InChI=1S/C14H28N4O3S/c1-22(20,21)16-13-5-11-18(12-6-13)14(19)15-7-4-10-17-8-2-3-9-17/h13,16H,2-12H2,1H3,(H,15,19). The molecule has 0 aromatic rings. The maximum Gasteiger partial charge on any atom is 0.317 e. The molecule has 128 valence electrons. The van der Waals surface area contributed by atoms with Crippen LogP contribution in [-0.4, -0.2) is 75.8 Å². The molecule has 0 unspecified atom stereocenters. The zero-order valence-electron chi connectivity index (χ0n) is 13.4. The van der Waals surface area contributed by atoms with E-state index in [0.717, 1.165) is 13.0 Å². The van der Waals surface area contributed by atoms with Crippen molar-refractivity contribution in [3.05, 3.63) is 0 Å². The number of rotatable bonds is 6. The number of nitrogens with one attached hydrogen (secondary N) is 2. The van der Waals surface area contributed by atoms with Crippen molar-refractivity contribution in [3.8, 4) is 0 Å². The summed E-state index contributed by atoms with van der Waals surface area (Å²) in [5.74, 6) is 0. The van der Waals surface area contributed by atoms with Gasteiger partial charge in [0.05, 0.1) is 6.26 Å². The molecule has 2 rings (SSSR count). The van der Waals surface area contributed by atoms with Crippen LogP contribution >= 0.6 is 0 Å². The van der Waals surface area contributed by atoms with Crippen LogP contribution in [0.3, 0.4) is 0 Å². The van der Waals surface area contributed by atoms with E-state index in [1.807, 2.05) is 0 Å². The largest absolute Gasteiger partial charge is 0.338 e. The fourth-order valence-corrected chi connectivity index (χ4v) is 3.96. The van der Waals surface area contributed by atoms with Gasteiger partial charge in [0, 0.05) is 25.7 Å². The van der Waals surface area contributed by atoms with E-state index in [-0.39, 0.29) is 12.1 Å². The van der Waals surface area contributed by atoms with E-state index in [9.17, 15) is 13.2 Å². The molecular weight excluding hydrogens is 304 g/mol. The zero-order chi connectivity index (χ0) is 16.0. The van der Waals surface area contributed by atoms with Crippen LogP contribution in [0.2, 0.25) is 0 Å². The van der Waals surface area contributed by atoms with E-state index in [0.29, 0.717) is 32.5 Å². The van der Waals surface area contributed by atoms with Gasteiger partial charge in [-0.15, -0.1) is 0 Å². The number of hydrogen-bond acceptors (Lipinski definition) is 4. The Balaban J connectivity index is 1.58. The normalized spacial score (nSPS) is 21.2. The van der Waals surface area contributed by atoms with Crippen LogP contribution in [0.4, 0.5) is 4.79 Å². The first-order valence-electron chi connectivity index (χ1n) is 8.16. The number of amides is 2. The average molecular weight is 332 g/mol. The lowest BCUT2D eigenvalue weighted by Crippen LogP contribution is -2.49. The minimum atomic E-state index is -3.16. The topological polar surface area (TPSA) is 81.8 Å². The zero-order valence-corrected chi connectivity index (χ0v) is 14.2. The van der Waals surface area contributed by atoms with Gasteiger partial charge in [-0.25, -0.2) is 17.9 Å². The van der Waals surface area contributed by atoms with E-state index < -0.39 is 10.0 Å². The summed E-state index contributed by atoms with van der Waals surface area (Å²) in [5, 5.41) is 2.96. The number of sulfonamides is 1. The lowest BCUT2D eigenvalue weighted by molar-refractivity contribution is 0.179. The number of hydrogen-bond donors (Lipinski definition) is 2. The summed E-state index contributed by atoms with van der Waals surface area (Å²) in [6.45, 7) is 5.34. The lowest BCUT2D eigenvalue weighted by atomic mass is 10.1. The monoisotopic (exact) mass is 332 g/mol. The van der Waals surface area contributed by atoms with E-state index >= 15 is 0 Å². The third-order valence-corrected chi connectivity index (χ3v) is 5.05. The van der Waals surface area contributed by atoms with Gasteiger partial charge >= 0.3 is 6.03 Å². The smallest absolute Gasteiger partial charge is 0.317 e. The Bertz CT molecular complexity index is 455. The second kappa shape index (κ2) is 8.12. The van der Waals surface area contributed by atoms with Crippen LogP contribution in [0.5, 0.6) is 0 Å². The molecule has 0 spiro atoms. The molecule has 8 heteroatoms. The van der Waals surface area contributed by atoms with Crippen molar-refractivity contribution in [2.75, 3.05) is 45.5 Å². The summed E-state index contributed by atoms with van der Waals surface area (Å²) in [4.78, 5) is 16.3. The van der Waals surface area contributed by atoms with E-state index in [1.165, 1.54) is 32.2 Å². The molecule has 0 aromatic carbocycles. The number of nitrogens with zero attached hydrogens (tertiary/aromatic N) is 2. The molecule has 0 aromatic heterocycles. The van der Waals surface area contributed by atoms with Gasteiger partial charge in [-0.3, -0.25) is 0 Å². The lowest BCUT2D eigenvalue weighted by Gasteiger charge is -2.32. The van der Waals surface area contributed by atoms with Crippen LogP contribution in [-0.2, 0) is 10.0 Å². The van der Waals surface area contributed by atoms with Crippen molar-refractivity contribution in [2.45, 2.75) is 38.1 Å². The molecule has 2 heterocycles. The Kier molecular flexibility index (Phi) is 6.46. The number of carbonyl (C=O) groups excluding carboxylic acids is 1. The van der Waals surface area contributed by atoms with Crippen LogP contribution in [0, 0.1) is 0 Å². The quantitative estimate of drug-likeness (QED) is 0.681. The van der Waals surface area contributed by atoms with E-state index in [1.54, 1.807) is 4.90 Å². The third-order valence-electron chi connectivity index (χ3n) is 4.29. The van der Waals surface area contributed by atoms with Crippen LogP contribution in [0.1, 0.15) is 32.1 Å². The number of carbonyl (C=O) groups is 1. The number of urea groups is 1. The second-order valence-corrected chi connectivity index (χ2v) is 8.07. The molecule has 0 atom stereocenters. The molecule has 0 radical (unpaired) electrons. The molecule has 22 heavy (non-hydrogen) atoms. The summed E-state index contributed by atoms with van der Waals surface area (Å²) in [7, 11) is -3.16. The minimum absolute atomic E-state index is 0.0285. The summed E-state index contributed by atoms with van der Waals surface area (Å²) in [6.07, 6.45) is 6.10. The Morgan fingerprint density at radius 1 is 1.14 bits per heavy atom. The van der Waals surface area contributed by atoms with E-state index in [2.05, 4.69) is 14.9 Å². The summed E-state index contributed by atoms with van der Waals surface area (Å²) in [6, 6.07) is -0.0755. The van der Waals surface area contributed by atoms with Crippen molar-refractivity contribution in [2.24, 2.45) is 0 Å². The fourth-order valence-electron chi connectivity index (χ4n) is 3.12. The number of likely N-dealkylation sites (tertiary alicyclic amines) is 2. The maximum absolute atomic E-state index is 12.0. The highest BCUT2D eigenvalue weighted by Gasteiger charge is 2.24. The molecule has 2 aliphatic rings. The van der Waals surface area contributed by atoms with Gasteiger partial charge in [-0.05, 0) is 51.7 Å². The highest BCUT2D eigenvalue weighted by Crippen LogP contribution is 2.11. The summed E-state index contributed by atoms with van der Waals surface area (Å²) >= 11 is 0. The van der Waals surface area contributed by atoms with Crippen molar-refractivity contribution in [3.63, 3.8) is 0 Å².